The van der Waals surface area contributed by atoms with Crippen LogP contribution in [0.3, 0.4) is 0 Å². The van der Waals surface area contributed by atoms with E-state index in [1.165, 1.54) is 18.2 Å². The van der Waals surface area contributed by atoms with Gasteiger partial charge in [-0.15, -0.1) is 5.10 Å². The molecule has 1 saturated heterocycles. The maximum atomic E-state index is 14.5. The number of nitrogens with zero attached hydrogens (tertiary/aromatic N) is 6. The minimum absolute atomic E-state index is 0.138. The maximum Gasteiger partial charge on any atom is 0.162 e. The van der Waals surface area contributed by atoms with E-state index in [4.69, 9.17) is 9.72 Å². The predicted octanol–water partition coefficient (Wildman–Crippen LogP) is 4.85. The van der Waals surface area contributed by atoms with Crippen molar-refractivity contribution in [3.63, 3.8) is 0 Å². The molecule has 1 aromatic carbocycles. The molecule has 0 N–H and O–H groups in total. The predicted molar refractivity (Wildman–Crippen MR) is 127 cm³/mol. The SMILES string of the molecule is CC1(C)[C@H]2CC[C@]1(c1ccnc(-c3cnn(C4COC4)c3)n1)c1nnc(-c3c(F)cccc3F)cc12. The molecule has 0 spiro atoms. The Morgan fingerprint density at radius 3 is 2.64 bits per heavy atom. The summed E-state index contributed by atoms with van der Waals surface area (Å²) in [6.45, 7) is 5.78. The van der Waals surface area contributed by atoms with Crippen LogP contribution in [0.5, 0.6) is 0 Å². The molecule has 0 amide bonds. The van der Waals surface area contributed by atoms with E-state index >= 15 is 0 Å². The zero-order chi connectivity index (χ0) is 24.7. The number of fused-ring (bicyclic) bond motifs is 5. The van der Waals surface area contributed by atoms with Gasteiger partial charge in [0.1, 0.15) is 11.6 Å². The van der Waals surface area contributed by atoms with Crippen LogP contribution in [-0.2, 0) is 10.2 Å². The fourth-order valence-electron chi connectivity index (χ4n) is 6.52. The first-order valence-electron chi connectivity index (χ1n) is 12.2. The van der Waals surface area contributed by atoms with Gasteiger partial charge >= 0.3 is 0 Å². The van der Waals surface area contributed by atoms with E-state index in [-0.39, 0.29) is 28.6 Å². The number of halogens is 2. The number of hydrogen-bond donors (Lipinski definition) is 0. The van der Waals surface area contributed by atoms with Crippen LogP contribution < -0.4 is 0 Å². The summed E-state index contributed by atoms with van der Waals surface area (Å²) in [6, 6.07) is 7.87. The minimum Gasteiger partial charge on any atom is -0.377 e. The molecule has 4 aromatic rings. The highest BCUT2D eigenvalue weighted by Gasteiger charge is 2.65. The second kappa shape index (κ2) is 7.46. The lowest BCUT2D eigenvalue weighted by Crippen LogP contribution is -2.38. The van der Waals surface area contributed by atoms with Crippen molar-refractivity contribution in [2.75, 3.05) is 13.2 Å². The van der Waals surface area contributed by atoms with E-state index in [0.717, 1.165) is 35.4 Å². The highest BCUT2D eigenvalue weighted by molar-refractivity contribution is 5.64. The average Bonchev–Trinajstić information content (AvgIpc) is 3.46. The zero-order valence-electron chi connectivity index (χ0n) is 19.9. The lowest BCUT2D eigenvalue weighted by atomic mass is 9.66. The standard InChI is InChI=1S/C27H24F2N6O/c1-26(2)18-6-8-27(26,24-17(18)10-21(33-34-24)23-19(28)4-3-5-20(23)29)22-7-9-30-25(32-22)15-11-31-35(12-15)16-13-36-14-16/h3-5,7,9-12,16,18H,6,8,13-14H2,1-2H3/t18-,27-/m0/s1. The molecule has 4 heterocycles. The molecule has 2 aliphatic carbocycles. The second-order valence-corrected chi connectivity index (χ2v) is 10.5. The third kappa shape index (κ3) is 2.77. The van der Waals surface area contributed by atoms with Crippen LogP contribution in [0.15, 0.2) is 48.9 Å². The minimum atomic E-state index is -0.643. The van der Waals surface area contributed by atoms with Crippen molar-refractivity contribution in [1.82, 2.24) is 29.9 Å². The second-order valence-electron chi connectivity index (χ2n) is 10.5. The summed E-state index contributed by atoms with van der Waals surface area (Å²) in [5.41, 5.74) is 2.98. The lowest BCUT2D eigenvalue weighted by Gasteiger charge is -2.37. The fraction of sp³-hybridized carbons (Fsp3) is 0.370. The fourth-order valence-corrected chi connectivity index (χ4v) is 6.52. The van der Waals surface area contributed by atoms with Gasteiger partial charge in [0, 0.05) is 12.4 Å². The zero-order valence-corrected chi connectivity index (χ0v) is 19.9. The third-order valence-electron chi connectivity index (χ3n) is 8.55. The number of aromatic nitrogens is 6. The first-order valence-corrected chi connectivity index (χ1v) is 12.2. The van der Waals surface area contributed by atoms with Gasteiger partial charge in [0.15, 0.2) is 5.82 Å². The molecular weight excluding hydrogens is 462 g/mol. The van der Waals surface area contributed by atoms with Gasteiger partial charge in [0.25, 0.3) is 0 Å². The molecule has 2 atom stereocenters. The molecule has 182 valence electrons. The van der Waals surface area contributed by atoms with Crippen molar-refractivity contribution < 1.29 is 13.5 Å². The average molecular weight is 487 g/mol. The summed E-state index contributed by atoms with van der Waals surface area (Å²) in [4.78, 5) is 9.57. The Labute approximate surface area is 206 Å². The molecule has 2 fully saturated rings. The van der Waals surface area contributed by atoms with E-state index in [0.29, 0.717) is 19.0 Å². The van der Waals surface area contributed by atoms with Crippen molar-refractivity contribution in [2.45, 2.75) is 44.1 Å². The van der Waals surface area contributed by atoms with Crippen molar-refractivity contribution in [3.8, 4) is 22.6 Å². The topological polar surface area (TPSA) is 78.6 Å². The molecule has 7 rings (SSSR count). The Morgan fingerprint density at radius 2 is 1.89 bits per heavy atom. The molecule has 3 aromatic heterocycles. The quantitative estimate of drug-likeness (QED) is 0.410. The molecule has 0 unspecified atom stereocenters. The molecule has 36 heavy (non-hydrogen) atoms. The van der Waals surface area contributed by atoms with Gasteiger partial charge in [-0.1, -0.05) is 19.9 Å². The molecule has 7 nitrogen and oxygen atoms in total. The Morgan fingerprint density at radius 1 is 1.08 bits per heavy atom. The molecule has 2 bridgehead atoms. The number of benzene rings is 1. The van der Waals surface area contributed by atoms with Crippen LogP contribution in [0.25, 0.3) is 22.6 Å². The van der Waals surface area contributed by atoms with Crippen molar-refractivity contribution in [3.05, 3.63) is 77.5 Å². The highest BCUT2D eigenvalue weighted by Crippen LogP contribution is 2.69. The molecule has 1 aliphatic heterocycles. The van der Waals surface area contributed by atoms with Crippen LogP contribution >= 0.6 is 0 Å². The Hall–Kier alpha value is -3.59. The molecule has 0 radical (unpaired) electrons. The van der Waals surface area contributed by atoms with Gasteiger partial charge in [-0.05, 0) is 54.0 Å². The van der Waals surface area contributed by atoms with E-state index in [9.17, 15) is 8.78 Å². The van der Waals surface area contributed by atoms with Gasteiger partial charge in [0.2, 0.25) is 0 Å². The Kier molecular flexibility index (Phi) is 4.49. The van der Waals surface area contributed by atoms with Crippen molar-refractivity contribution >= 4 is 0 Å². The summed E-state index contributed by atoms with van der Waals surface area (Å²) < 4.78 is 36.2. The van der Waals surface area contributed by atoms with Gasteiger partial charge < -0.3 is 4.74 Å². The number of ether oxygens (including phenoxy) is 1. The van der Waals surface area contributed by atoms with Gasteiger partial charge in [0.05, 0.1) is 59.1 Å². The van der Waals surface area contributed by atoms with Crippen molar-refractivity contribution in [2.24, 2.45) is 5.41 Å². The van der Waals surface area contributed by atoms with Crippen LogP contribution in [-0.4, -0.2) is 43.2 Å². The van der Waals surface area contributed by atoms with Crippen molar-refractivity contribution in [1.29, 1.82) is 0 Å². The van der Waals surface area contributed by atoms with Gasteiger partial charge in [-0.3, -0.25) is 4.68 Å². The third-order valence-corrected chi connectivity index (χ3v) is 8.55. The number of hydrogen-bond acceptors (Lipinski definition) is 6. The summed E-state index contributed by atoms with van der Waals surface area (Å²) in [7, 11) is 0. The molecular formula is C27H24F2N6O. The van der Waals surface area contributed by atoms with Gasteiger partial charge in [-0.2, -0.15) is 10.2 Å². The largest absolute Gasteiger partial charge is 0.377 e. The summed E-state index contributed by atoms with van der Waals surface area (Å²) >= 11 is 0. The first-order chi connectivity index (χ1) is 17.4. The van der Waals surface area contributed by atoms with Crippen LogP contribution in [0.1, 0.15) is 55.6 Å². The molecule has 9 heteroatoms. The molecule has 1 saturated carbocycles. The van der Waals surface area contributed by atoms with Crippen LogP contribution in [0.2, 0.25) is 0 Å². The van der Waals surface area contributed by atoms with E-state index in [1.807, 2.05) is 23.0 Å². The van der Waals surface area contributed by atoms with Gasteiger partial charge in [-0.25, -0.2) is 18.7 Å². The lowest BCUT2D eigenvalue weighted by molar-refractivity contribution is -0.0286. The summed E-state index contributed by atoms with van der Waals surface area (Å²) in [6.07, 6.45) is 7.34. The maximum absolute atomic E-state index is 14.5. The monoisotopic (exact) mass is 486 g/mol. The highest BCUT2D eigenvalue weighted by atomic mass is 19.1. The summed E-state index contributed by atoms with van der Waals surface area (Å²) in [5.74, 6) is -0.498. The Bertz CT molecular complexity index is 1490. The number of rotatable bonds is 4. The van der Waals surface area contributed by atoms with Crippen LogP contribution in [0.4, 0.5) is 8.78 Å². The van der Waals surface area contributed by atoms with E-state index in [2.05, 4.69) is 34.1 Å². The van der Waals surface area contributed by atoms with Crippen LogP contribution in [0, 0.1) is 17.0 Å². The van der Waals surface area contributed by atoms with E-state index < -0.39 is 17.0 Å². The van der Waals surface area contributed by atoms with E-state index in [1.54, 1.807) is 12.4 Å². The summed E-state index contributed by atoms with van der Waals surface area (Å²) in [5, 5.41) is 13.4. The Balaban J connectivity index is 1.34. The first kappa shape index (κ1) is 21.7. The smallest absolute Gasteiger partial charge is 0.162 e. The molecule has 3 aliphatic rings. The normalized spacial score (nSPS) is 24.1.